The fourth-order valence-corrected chi connectivity index (χ4v) is 2.17. The number of hydrogen-bond acceptors (Lipinski definition) is 3. The molecule has 2 aromatic carbocycles. The number of halogens is 1. The lowest BCUT2D eigenvalue weighted by Gasteiger charge is -2.08. The van der Waals surface area contributed by atoms with Gasteiger partial charge >= 0.3 is 5.97 Å². The number of rotatable bonds is 5. The highest BCUT2D eigenvalue weighted by molar-refractivity contribution is 5.91. The number of carbonyl (C=O) groups is 1. The van der Waals surface area contributed by atoms with E-state index in [9.17, 15) is 14.4 Å². The van der Waals surface area contributed by atoms with Crippen molar-refractivity contribution in [1.29, 1.82) is 5.26 Å². The summed E-state index contributed by atoms with van der Waals surface area (Å²) in [5.41, 5.74) is 1.91. The SMILES string of the molecule is CCCCc1ccc(OC(=O)c2ccc(C)c(F)c2)c(C#N)c1. The lowest BCUT2D eigenvalue weighted by atomic mass is 10.1. The summed E-state index contributed by atoms with van der Waals surface area (Å²) in [7, 11) is 0. The first-order valence-electron chi connectivity index (χ1n) is 7.56. The van der Waals surface area contributed by atoms with Crippen LogP contribution >= 0.6 is 0 Å². The number of benzene rings is 2. The van der Waals surface area contributed by atoms with Gasteiger partial charge < -0.3 is 4.74 Å². The average molecular weight is 311 g/mol. The average Bonchev–Trinajstić information content (AvgIpc) is 2.56. The van der Waals surface area contributed by atoms with E-state index in [0.717, 1.165) is 30.9 Å². The first-order chi connectivity index (χ1) is 11.0. The molecule has 0 atom stereocenters. The summed E-state index contributed by atoms with van der Waals surface area (Å²) in [5.74, 6) is -0.949. The minimum atomic E-state index is -0.679. The van der Waals surface area contributed by atoms with E-state index in [1.807, 2.05) is 12.1 Å². The normalized spacial score (nSPS) is 10.2. The fraction of sp³-hybridized carbons (Fsp3) is 0.263. The zero-order valence-corrected chi connectivity index (χ0v) is 13.2. The van der Waals surface area contributed by atoms with Crippen molar-refractivity contribution >= 4 is 5.97 Å². The Kier molecular flexibility index (Phi) is 5.48. The van der Waals surface area contributed by atoms with Crippen molar-refractivity contribution < 1.29 is 13.9 Å². The van der Waals surface area contributed by atoms with Crippen LogP contribution in [0.5, 0.6) is 5.75 Å². The minimum Gasteiger partial charge on any atom is -0.422 e. The molecular weight excluding hydrogens is 293 g/mol. The molecule has 0 radical (unpaired) electrons. The highest BCUT2D eigenvalue weighted by Crippen LogP contribution is 2.22. The number of carbonyl (C=O) groups excluding carboxylic acids is 1. The summed E-state index contributed by atoms with van der Waals surface area (Å²) in [4.78, 5) is 12.1. The Morgan fingerprint density at radius 2 is 2.04 bits per heavy atom. The quantitative estimate of drug-likeness (QED) is 0.600. The molecule has 2 rings (SSSR count). The number of nitrogens with zero attached hydrogens (tertiary/aromatic N) is 1. The molecule has 0 aromatic heterocycles. The molecule has 0 N–H and O–H groups in total. The highest BCUT2D eigenvalue weighted by Gasteiger charge is 2.13. The first kappa shape index (κ1) is 16.7. The molecule has 23 heavy (non-hydrogen) atoms. The van der Waals surface area contributed by atoms with Crippen LogP contribution in [0.3, 0.4) is 0 Å². The molecule has 0 fully saturated rings. The third-order valence-corrected chi connectivity index (χ3v) is 3.59. The standard InChI is InChI=1S/C19H18FNO2/c1-3-4-5-14-7-9-18(16(10-14)12-21)23-19(22)15-8-6-13(2)17(20)11-15/h6-11H,3-5H2,1-2H3. The van der Waals surface area contributed by atoms with E-state index >= 15 is 0 Å². The number of unbranched alkanes of at least 4 members (excludes halogenated alkanes) is 1. The van der Waals surface area contributed by atoms with Crippen molar-refractivity contribution in [3.63, 3.8) is 0 Å². The number of nitriles is 1. The Labute approximate surface area is 135 Å². The van der Waals surface area contributed by atoms with Crippen molar-refractivity contribution in [3.8, 4) is 11.8 Å². The highest BCUT2D eigenvalue weighted by atomic mass is 19.1. The summed E-state index contributed by atoms with van der Waals surface area (Å²) in [6, 6.07) is 11.4. The van der Waals surface area contributed by atoms with E-state index in [2.05, 4.69) is 6.92 Å². The summed E-state index contributed by atoms with van der Waals surface area (Å²) < 4.78 is 18.8. The molecular formula is C19H18FNO2. The van der Waals surface area contributed by atoms with E-state index < -0.39 is 11.8 Å². The zero-order chi connectivity index (χ0) is 16.8. The minimum absolute atomic E-state index is 0.118. The molecule has 0 saturated carbocycles. The number of ether oxygens (including phenoxy) is 1. The molecule has 118 valence electrons. The molecule has 0 saturated heterocycles. The second-order valence-electron chi connectivity index (χ2n) is 5.40. The van der Waals surface area contributed by atoms with Crippen molar-refractivity contribution in [2.45, 2.75) is 33.1 Å². The molecule has 0 unspecified atom stereocenters. The molecule has 0 spiro atoms. The summed E-state index contributed by atoms with van der Waals surface area (Å²) in [5, 5.41) is 9.23. The van der Waals surface area contributed by atoms with Gasteiger partial charge in [0.15, 0.2) is 0 Å². The van der Waals surface area contributed by atoms with E-state index in [1.54, 1.807) is 19.1 Å². The third kappa shape index (κ3) is 4.17. The second-order valence-corrected chi connectivity index (χ2v) is 5.40. The van der Waals surface area contributed by atoms with Gasteiger partial charge in [0, 0.05) is 0 Å². The van der Waals surface area contributed by atoms with Gasteiger partial charge in [0.1, 0.15) is 17.6 Å². The lowest BCUT2D eigenvalue weighted by Crippen LogP contribution is -2.10. The molecule has 4 heteroatoms. The molecule has 0 aliphatic heterocycles. The van der Waals surface area contributed by atoms with Crippen LogP contribution in [0.15, 0.2) is 36.4 Å². The van der Waals surface area contributed by atoms with Crippen LogP contribution in [0.25, 0.3) is 0 Å². The topological polar surface area (TPSA) is 50.1 Å². The van der Waals surface area contributed by atoms with Crippen LogP contribution in [0, 0.1) is 24.1 Å². The molecule has 0 aliphatic rings. The van der Waals surface area contributed by atoms with Crippen LogP contribution in [0.1, 0.15) is 46.8 Å². The molecule has 0 heterocycles. The Balaban J connectivity index is 2.20. The Morgan fingerprint density at radius 1 is 1.26 bits per heavy atom. The lowest BCUT2D eigenvalue weighted by molar-refractivity contribution is 0.0733. The Hall–Kier alpha value is -2.67. The van der Waals surface area contributed by atoms with Crippen molar-refractivity contribution in [1.82, 2.24) is 0 Å². The van der Waals surface area contributed by atoms with Gasteiger partial charge in [-0.15, -0.1) is 0 Å². The molecule has 0 amide bonds. The maximum absolute atomic E-state index is 13.5. The van der Waals surface area contributed by atoms with Gasteiger partial charge in [-0.1, -0.05) is 25.5 Å². The number of esters is 1. The van der Waals surface area contributed by atoms with Crippen LogP contribution in [-0.4, -0.2) is 5.97 Å². The van der Waals surface area contributed by atoms with Gasteiger partial charge in [-0.25, -0.2) is 9.18 Å². The zero-order valence-electron chi connectivity index (χ0n) is 13.2. The predicted molar refractivity (Wildman–Crippen MR) is 85.9 cm³/mol. The fourth-order valence-electron chi connectivity index (χ4n) is 2.17. The van der Waals surface area contributed by atoms with E-state index in [1.165, 1.54) is 12.1 Å². The van der Waals surface area contributed by atoms with Gasteiger partial charge in [0.05, 0.1) is 11.1 Å². The summed E-state index contributed by atoms with van der Waals surface area (Å²) in [6.45, 7) is 3.72. The van der Waals surface area contributed by atoms with E-state index in [0.29, 0.717) is 11.1 Å². The van der Waals surface area contributed by atoms with Crippen LogP contribution in [0.2, 0.25) is 0 Å². The third-order valence-electron chi connectivity index (χ3n) is 3.59. The Morgan fingerprint density at radius 3 is 2.70 bits per heavy atom. The molecule has 0 aliphatic carbocycles. The van der Waals surface area contributed by atoms with Crippen LogP contribution < -0.4 is 4.74 Å². The largest absolute Gasteiger partial charge is 0.422 e. The molecule has 3 nitrogen and oxygen atoms in total. The summed E-state index contributed by atoms with van der Waals surface area (Å²) in [6.07, 6.45) is 2.98. The second kappa shape index (κ2) is 7.55. The van der Waals surface area contributed by atoms with Crippen LogP contribution in [-0.2, 0) is 6.42 Å². The first-order valence-corrected chi connectivity index (χ1v) is 7.56. The molecule has 2 aromatic rings. The van der Waals surface area contributed by atoms with Gasteiger partial charge in [0.2, 0.25) is 0 Å². The maximum atomic E-state index is 13.5. The molecule has 0 bridgehead atoms. The Bertz CT molecular complexity index is 762. The van der Waals surface area contributed by atoms with Crippen molar-refractivity contribution in [2.75, 3.05) is 0 Å². The monoisotopic (exact) mass is 311 g/mol. The smallest absolute Gasteiger partial charge is 0.343 e. The summed E-state index contributed by atoms with van der Waals surface area (Å²) >= 11 is 0. The van der Waals surface area contributed by atoms with E-state index in [4.69, 9.17) is 4.74 Å². The predicted octanol–water partition coefficient (Wildman–Crippen LogP) is 4.57. The van der Waals surface area contributed by atoms with Gasteiger partial charge in [-0.2, -0.15) is 5.26 Å². The number of aryl methyl sites for hydroxylation is 2. The van der Waals surface area contributed by atoms with Gasteiger partial charge in [-0.3, -0.25) is 0 Å². The maximum Gasteiger partial charge on any atom is 0.343 e. The van der Waals surface area contributed by atoms with Gasteiger partial charge in [-0.05, 0) is 55.2 Å². The van der Waals surface area contributed by atoms with Crippen LogP contribution in [0.4, 0.5) is 4.39 Å². The number of hydrogen-bond donors (Lipinski definition) is 0. The van der Waals surface area contributed by atoms with Crippen molar-refractivity contribution in [3.05, 3.63) is 64.5 Å². The van der Waals surface area contributed by atoms with E-state index in [-0.39, 0.29) is 11.3 Å². The van der Waals surface area contributed by atoms with Crippen molar-refractivity contribution in [2.24, 2.45) is 0 Å². The van der Waals surface area contributed by atoms with Gasteiger partial charge in [0.25, 0.3) is 0 Å².